The van der Waals surface area contributed by atoms with Crippen molar-refractivity contribution >= 4 is 28.6 Å². The van der Waals surface area contributed by atoms with Crippen LogP contribution < -0.4 is 0 Å². The third-order valence-corrected chi connectivity index (χ3v) is 8.92. The van der Waals surface area contributed by atoms with Gasteiger partial charge >= 0.3 is 0 Å². The van der Waals surface area contributed by atoms with Gasteiger partial charge < -0.3 is 4.90 Å². The van der Waals surface area contributed by atoms with Crippen LogP contribution in [0, 0.1) is 0 Å². The zero-order valence-electron chi connectivity index (χ0n) is 25.2. The van der Waals surface area contributed by atoms with Crippen LogP contribution in [0.4, 0.5) is 8.78 Å². The lowest BCUT2D eigenvalue weighted by Gasteiger charge is -2.32. The van der Waals surface area contributed by atoms with Gasteiger partial charge in [-0.1, -0.05) is 68.0 Å². The van der Waals surface area contributed by atoms with Gasteiger partial charge in [0.05, 0.1) is 11.0 Å². The average molecular weight is 580 g/mol. The summed E-state index contributed by atoms with van der Waals surface area (Å²) in [6, 6.07) is 21.4. The Morgan fingerprint density at radius 2 is 1.77 bits per heavy atom. The van der Waals surface area contributed by atoms with E-state index in [1.807, 2.05) is 85.5 Å². The molecule has 0 N–H and O–H groups in total. The first-order chi connectivity index (χ1) is 20.9. The minimum absolute atomic E-state index is 0.0118. The van der Waals surface area contributed by atoms with Gasteiger partial charge in [-0.15, -0.1) is 0 Å². The molecule has 0 spiro atoms. The van der Waals surface area contributed by atoms with E-state index in [9.17, 15) is 9.18 Å². The maximum absolute atomic E-state index is 15.1. The molecule has 222 valence electrons. The molecule has 1 saturated heterocycles. The normalized spacial score (nSPS) is 17.2. The Bertz CT molecular complexity index is 1710. The second-order valence-corrected chi connectivity index (χ2v) is 11.9. The van der Waals surface area contributed by atoms with Crippen molar-refractivity contribution in [3.8, 4) is 0 Å². The van der Waals surface area contributed by atoms with E-state index >= 15 is 4.39 Å². The van der Waals surface area contributed by atoms with Crippen molar-refractivity contribution in [1.82, 2.24) is 14.5 Å². The highest BCUT2D eigenvalue weighted by atomic mass is 19.1. The molecular formula is C37H39F2N3O. The van der Waals surface area contributed by atoms with Gasteiger partial charge in [-0.05, 0) is 97.2 Å². The molecule has 4 nitrogen and oxygen atoms in total. The number of alkyl halides is 2. The van der Waals surface area contributed by atoms with Gasteiger partial charge in [0, 0.05) is 24.6 Å². The predicted octanol–water partition coefficient (Wildman–Crippen LogP) is 9.59. The quantitative estimate of drug-likeness (QED) is 0.219. The van der Waals surface area contributed by atoms with Gasteiger partial charge in [-0.3, -0.25) is 9.36 Å². The zero-order valence-corrected chi connectivity index (χ0v) is 25.2. The Hall–Kier alpha value is -4.06. The summed E-state index contributed by atoms with van der Waals surface area (Å²) in [4.78, 5) is 20.5. The molecule has 3 aromatic carbocycles. The number of rotatable bonds is 7. The van der Waals surface area contributed by atoms with E-state index in [1.165, 1.54) is 5.57 Å². The molecule has 0 radical (unpaired) electrons. The van der Waals surface area contributed by atoms with Crippen LogP contribution in [0.1, 0.15) is 110 Å². The van der Waals surface area contributed by atoms with E-state index in [1.54, 1.807) is 4.57 Å². The first kappa shape index (κ1) is 29.0. The summed E-state index contributed by atoms with van der Waals surface area (Å²) in [5.74, 6) is 0.895. The Kier molecular flexibility index (Phi) is 8.29. The van der Waals surface area contributed by atoms with Crippen LogP contribution in [0.25, 0.3) is 22.7 Å². The maximum atomic E-state index is 15.1. The van der Waals surface area contributed by atoms with Gasteiger partial charge in [0.15, 0.2) is 6.30 Å². The number of imidazole rings is 1. The molecule has 2 unspecified atom stereocenters. The number of likely N-dealkylation sites (tertiary alicyclic amines) is 1. The number of allylic oxidation sites excluding steroid dienone is 2. The molecule has 1 aliphatic heterocycles. The summed E-state index contributed by atoms with van der Waals surface area (Å²) < 4.78 is 31.4. The minimum Gasteiger partial charge on any atom is -0.339 e. The summed E-state index contributed by atoms with van der Waals surface area (Å²) in [5.41, 5.74) is 8.30. The third kappa shape index (κ3) is 5.67. The molecule has 1 aromatic heterocycles. The fourth-order valence-electron chi connectivity index (χ4n) is 6.52. The number of carbonyl (C=O) groups is 1. The number of hydrogen-bond acceptors (Lipinski definition) is 2. The number of carbonyl (C=O) groups excluding carboxylic acids is 1. The monoisotopic (exact) mass is 579 g/mol. The predicted molar refractivity (Wildman–Crippen MR) is 170 cm³/mol. The van der Waals surface area contributed by atoms with E-state index in [0.717, 1.165) is 58.4 Å². The van der Waals surface area contributed by atoms with Crippen molar-refractivity contribution in [3.63, 3.8) is 0 Å². The van der Waals surface area contributed by atoms with Crippen molar-refractivity contribution in [2.75, 3.05) is 13.1 Å². The first-order valence-corrected chi connectivity index (χ1v) is 15.5. The van der Waals surface area contributed by atoms with Crippen LogP contribution in [0.3, 0.4) is 0 Å². The fourth-order valence-corrected chi connectivity index (χ4v) is 6.52. The van der Waals surface area contributed by atoms with Gasteiger partial charge in [-0.2, -0.15) is 0 Å². The van der Waals surface area contributed by atoms with E-state index in [0.29, 0.717) is 37.1 Å². The summed E-state index contributed by atoms with van der Waals surface area (Å²) in [6.07, 6.45) is 5.35. The molecule has 2 atom stereocenters. The van der Waals surface area contributed by atoms with Crippen molar-refractivity contribution in [2.45, 2.75) is 71.3 Å². The van der Waals surface area contributed by atoms with Crippen molar-refractivity contribution in [3.05, 3.63) is 112 Å². The highest BCUT2D eigenvalue weighted by molar-refractivity contribution is 5.97. The number of para-hydroxylation sites is 2. The SMILES string of the molecule is CCC(F)c1cccc(C2=CCC(C)=Cc3cc(C(=O)N4CCC(c5nc6ccccc6n5C(F)CC)CC4)ccc32)c1. The molecule has 2 aliphatic rings. The third-order valence-electron chi connectivity index (χ3n) is 8.92. The van der Waals surface area contributed by atoms with Crippen LogP contribution in [0.15, 0.2) is 78.4 Å². The summed E-state index contributed by atoms with van der Waals surface area (Å²) in [6.45, 7) is 7.00. The molecular weight excluding hydrogens is 540 g/mol. The molecule has 2 heterocycles. The van der Waals surface area contributed by atoms with Crippen LogP contribution in [-0.2, 0) is 0 Å². The minimum atomic E-state index is -1.12. The van der Waals surface area contributed by atoms with Crippen LogP contribution >= 0.6 is 0 Å². The standard InChI is InChI=1S/C37H39F2N3O/c1-4-32(38)27-10-8-9-26(22-27)30-15-13-24(3)21-29-23-28(14-16-31(29)30)37(43)41-19-17-25(18-20-41)36-40-33-11-6-7-12-34(33)42(36)35(39)5-2/h6-12,14-16,21-23,25,32,35H,4-5,13,17-20H2,1-3H3. The van der Waals surface area contributed by atoms with Gasteiger partial charge in [-0.25, -0.2) is 13.8 Å². The van der Waals surface area contributed by atoms with E-state index in [4.69, 9.17) is 4.98 Å². The van der Waals surface area contributed by atoms with Crippen molar-refractivity contribution < 1.29 is 13.6 Å². The Morgan fingerprint density at radius 3 is 2.53 bits per heavy atom. The number of aromatic nitrogens is 2. The van der Waals surface area contributed by atoms with Gasteiger partial charge in [0.25, 0.3) is 5.91 Å². The first-order valence-electron chi connectivity index (χ1n) is 15.5. The molecule has 1 amide bonds. The van der Waals surface area contributed by atoms with E-state index in [2.05, 4.69) is 19.1 Å². The zero-order chi connectivity index (χ0) is 30.1. The summed E-state index contributed by atoms with van der Waals surface area (Å²) in [5, 5.41) is 0. The van der Waals surface area contributed by atoms with Crippen LogP contribution in [0.2, 0.25) is 0 Å². The fraction of sp³-hybridized carbons (Fsp3) is 0.351. The molecule has 6 heteroatoms. The van der Waals surface area contributed by atoms with Crippen molar-refractivity contribution in [1.29, 1.82) is 0 Å². The number of hydrogen-bond donors (Lipinski definition) is 0. The second-order valence-electron chi connectivity index (χ2n) is 11.9. The molecule has 0 bridgehead atoms. The Labute approximate surface area is 252 Å². The van der Waals surface area contributed by atoms with E-state index < -0.39 is 12.5 Å². The molecule has 43 heavy (non-hydrogen) atoms. The summed E-state index contributed by atoms with van der Waals surface area (Å²) >= 11 is 0. The number of benzene rings is 3. The number of fused-ring (bicyclic) bond motifs is 2. The number of piperidine rings is 1. The van der Waals surface area contributed by atoms with Crippen LogP contribution in [0.5, 0.6) is 0 Å². The molecule has 4 aromatic rings. The average Bonchev–Trinajstić information content (AvgIpc) is 3.35. The Balaban J connectivity index is 1.23. The lowest BCUT2D eigenvalue weighted by atomic mass is 9.91. The van der Waals surface area contributed by atoms with Crippen molar-refractivity contribution in [2.24, 2.45) is 0 Å². The Morgan fingerprint density at radius 1 is 0.977 bits per heavy atom. The van der Waals surface area contributed by atoms with E-state index in [-0.39, 0.29) is 11.8 Å². The molecule has 0 saturated carbocycles. The highest BCUT2D eigenvalue weighted by Gasteiger charge is 2.30. The molecule has 1 aliphatic carbocycles. The topological polar surface area (TPSA) is 38.1 Å². The second kappa shape index (κ2) is 12.3. The number of halogens is 2. The number of nitrogens with zero attached hydrogens (tertiary/aromatic N) is 3. The largest absolute Gasteiger partial charge is 0.339 e. The molecule has 1 fully saturated rings. The highest BCUT2D eigenvalue weighted by Crippen LogP contribution is 2.36. The van der Waals surface area contributed by atoms with Gasteiger partial charge in [0.2, 0.25) is 0 Å². The van der Waals surface area contributed by atoms with Crippen LogP contribution in [-0.4, -0.2) is 33.4 Å². The summed E-state index contributed by atoms with van der Waals surface area (Å²) in [7, 11) is 0. The number of amides is 1. The lowest BCUT2D eigenvalue weighted by molar-refractivity contribution is 0.0708. The van der Waals surface area contributed by atoms with Gasteiger partial charge in [0.1, 0.15) is 12.0 Å². The smallest absolute Gasteiger partial charge is 0.253 e. The molecule has 6 rings (SSSR count). The maximum Gasteiger partial charge on any atom is 0.253 e. The lowest BCUT2D eigenvalue weighted by Crippen LogP contribution is -2.38.